The van der Waals surface area contributed by atoms with E-state index in [-0.39, 0.29) is 18.0 Å². The highest BCUT2D eigenvalue weighted by Crippen LogP contribution is 2.15. The molecule has 0 saturated carbocycles. The molecule has 112 valence electrons. The van der Waals surface area contributed by atoms with Crippen LogP contribution in [0.2, 0.25) is 5.02 Å². The van der Waals surface area contributed by atoms with E-state index in [1.165, 1.54) is 4.57 Å². The van der Waals surface area contributed by atoms with E-state index in [0.29, 0.717) is 22.0 Å². The van der Waals surface area contributed by atoms with Crippen molar-refractivity contribution < 1.29 is 4.79 Å². The van der Waals surface area contributed by atoms with Crippen LogP contribution in [0.15, 0.2) is 35.1 Å². The summed E-state index contributed by atoms with van der Waals surface area (Å²) in [5, 5.41) is 12.2. The van der Waals surface area contributed by atoms with Gasteiger partial charge in [-0.15, -0.1) is 0 Å². The molecule has 0 fully saturated rings. The Morgan fingerprint density at radius 2 is 2.09 bits per heavy atom. The summed E-state index contributed by atoms with van der Waals surface area (Å²) in [6, 6.07) is 10.3. The quantitative estimate of drug-likeness (QED) is 0.946. The van der Waals surface area contributed by atoms with Crippen molar-refractivity contribution >= 4 is 23.2 Å². The van der Waals surface area contributed by atoms with Crippen LogP contribution in [0, 0.1) is 25.2 Å². The van der Waals surface area contributed by atoms with Gasteiger partial charge in [-0.25, -0.2) is 0 Å². The van der Waals surface area contributed by atoms with E-state index >= 15 is 0 Å². The number of nitriles is 1. The molecule has 2 rings (SSSR count). The number of halogens is 1. The van der Waals surface area contributed by atoms with Crippen molar-refractivity contribution in [2.75, 3.05) is 5.32 Å². The van der Waals surface area contributed by atoms with Crippen molar-refractivity contribution in [1.29, 1.82) is 5.26 Å². The number of hydrogen-bond donors (Lipinski definition) is 1. The Hall–Kier alpha value is -2.58. The Morgan fingerprint density at radius 1 is 1.36 bits per heavy atom. The van der Waals surface area contributed by atoms with Crippen LogP contribution in [0.25, 0.3) is 0 Å². The first kappa shape index (κ1) is 15.8. The second-order valence-electron chi connectivity index (χ2n) is 4.91. The first-order chi connectivity index (χ1) is 10.4. The number of pyridine rings is 1. The number of benzene rings is 1. The number of carbonyl (C=O) groups is 1. The third kappa shape index (κ3) is 3.35. The molecule has 1 aromatic heterocycles. The molecule has 22 heavy (non-hydrogen) atoms. The molecule has 1 N–H and O–H groups in total. The predicted molar refractivity (Wildman–Crippen MR) is 85.0 cm³/mol. The maximum atomic E-state index is 12.2. The number of rotatable bonds is 3. The van der Waals surface area contributed by atoms with Gasteiger partial charge >= 0.3 is 0 Å². The number of anilines is 1. The normalized spacial score (nSPS) is 10.1. The van der Waals surface area contributed by atoms with Crippen LogP contribution in [0.5, 0.6) is 0 Å². The average Bonchev–Trinajstić information content (AvgIpc) is 2.43. The van der Waals surface area contributed by atoms with Crippen LogP contribution < -0.4 is 10.9 Å². The fourth-order valence-corrected chi connectivity index (χ4v) is 2.36. The van der Waals surface area contributed by atoms with Gasteiger partial charge in [0.05, 0.1) is 0 Å². The fourth-order valence-electron chi connectivity index (χ4n) is 2.17. The van der Waals surface area contributed by atoms with Gasteiger partial charge in [0, 0.05) is 16.4 Å². The molecule has 0 bridgehead atoms. The molecule has 0 spiro atoms. The minimum absolute atomic E-state index is 0.0566. The van der Waals surface area contributed by atoms with Gasteiger partial charge in [0.2, 0.25) is 5.91 Å². The van der Waals surface area contributed by atoms with E-state index in [0.717, 1.165) is 0 Å². The molecule has 0 aliphatic heterocycles. The number of amides is 1. The van der Waals surface area contributed by atoms with Gasteiger partial charge in [0.1, 0.15) is 18.2 Å². The lowest BCUT2D eigenvalue weighted by atomic mass is 10.1. The van der Waals surface area contributed by atoms with E-state index in [2.05, 4.69) is 5.32 Å². The van der Waals surface area contributed by atoms with Crippen molar-refractivity contribution in [2.45, 2.75) is 20.4 Å². The molecule has 0 atom stereocenters. The third-order valence-electron chi connectivity index (χ3n) is 3.23. The van der Waals surface area contributed by atoms with Crippen LogP contribution >= 0.6 is 11.6 Å². The van der Waals surface area contributed by atoms with Crippen LogP contribution in [0.4, 0.5) is 5.69 Å². The zero-order valence-corrected chi connectivity index (χ0v) is 12.9. The van der Waals surface area contributed by atoms with Crippen LogP contribution in [-0.4, -0.2) is 10.5 Å². The lowest BCUT2D eigenvalue weighted by Gasteiger charge is -2.12. The Bertz CT molecular complexity index is 834. The predicted octanol–water partition coefficient (Wildman–Crippen LogP) is 2.63. The van der Waals surface area contributed by atoms with E-state index in [1.54, 1.807) is 44.2 Å². The minimum atomic E-state index is -0.457. The SMILES string of the molecule is Cc1cc(C)n(CC(=O)Nc2cccc(Cl)c2)c(=O)c1C#N. The molecule has 1 amide bonds. The number of aryl methyl sites for hydroxylation is 2. The molecular weight excluding hydrogens is 302 g/mol. The summed E-state index contributed by atoms with van der Waals surface area (Å²) in [6.45, 7) is 3.26. The molecule has 2 aromatic rings. The van der Waals surface area contributed by atoms with Gasteiger partial charge in [0.15, 0.2) is 0 Å². The van der Waals surface area contributed by atoms with Crippen molar-refractivity contribution in [3.63, 3.8) is 0 Å². The van der Waals surface area contributed by atoms with Crippen molar-refractivity contribution in [2.24, 2.45) is 0 Å². The summed E-state index contributed by atoms with van der Waals surface area (Å²) in [7, 11) is 0. The molecule has 0 radical (unpaired) electrons. The van der Waals surface area contributed by atoms with Crippen molar-refractivity contribution in [3.05, 3.63) is 62.5 Å². The van der Waals surface area contributed by atoms with Gasteiger partial charge in [-0.2, -0.15) is 5.26 Å². The molecule has 5 nitrogen and oxygen atoms in total. The highest BCUT2D eigenvalue weighted by atomic mass is 35.5. The summed E-state index contributed by atoms with van der Waals surface area (Å²) < 4.78 is 1.28. The number of carbonyl (C=O) groups excluding carboxylic acids is 1. The zero-order chi connectivity index (χ0) is 16.3. The van der Waals surface area contributed by atoms with Crippen LogP contribution in [0.3, 0.4) is 0 Å². The largest absolute Gasteiger partial charge is 0.324 e. The highest BCUT2D eigenvalue weighted by Gasteiger charge is 2.13. The highest BCUT2D eigenvalue weighted by molar-refractivity contribution is 6.30. The van der Waals surface area contributed by atoms with Gasteiger partial charge in [-0.05, 0) is 43.7 Å². The van der Waals surface area contributed by atoms with Crippen molar-refractivity contribution in [1.82, 2.24) is 4.57 Å². The van der Waals surface area contributed by atoms with E-state index < -0.39 is 5.56 Å². The van der Waals surface area contributed by atoms with Crippen molar-refractivity contribution in [3.8, 4) is 6.07 Å². The number of nitrogens with one attached hydrogen (secondary N) is 1. The maximum absolute atomic E-state index is 12.2. The molecule has 0 saturated heterocycles. The van der Waals surface area contributed by atoms with Gasteiger partial charge < -0.3 is 9.88 Å². The van der Waals surface area contributed by atoms with Crippen LogP contribution in [-0.2, 0) is 11.3 Å². The summed E-state index contributed by atoms with van der Waals surface area (Å²) in [5.74, 6) is -0.361. The Morgan fingerprint density at radius 3 is 2.73 bits per heavy atom. The zero-order valence-electron chi connectivity index (χ0n) is 12.2. The minimum Gasteiger partial charge on any atom is -0.324 e. The Balaban J connectivity index is 2.26. The van der Waals surface area contributed by atoms with E-state index in [4.69, 9.17) is 16.9 Å². The topological polar surface area (TPSA) is 74.9 Å². The molecule has 6 heteroatoms. The number of hydrogen-bond acceptors (Lipinski definition) is 3. The second-order valence-corrected chi connectivity index (χ2v) is 5.34. The number of aromatic nitrogens is 1. The first-order valence-corrected chi connectivity index (χ1v) is 6.96. The average molecular weight is 316 g/mol. The molecule has 0 aliphatic carbocycles. The molecule has 0 aliphatic rings. The summed E-state index contributed by atoms with van der Waals surface area (Å²) in [5.41, 5.74) is 1.39. The molecular formula is C16H14ClN3O2. The van der Waals surface area contributed by atoms with Crippen LogP contribution in [0.1, 0.15) is 16.8 Å². The molecule has 0 unspecified atom stereocenters. The molecule has 1 heterocycles. The van der Waals surface area contributed by atoms with E-state index in [9.17, 15) is 9.59 Å². The summed E-state index contributed by atoms with van der Waals surface area (Å²) >= 11 is 5.85. The third-order valence-corrected chi connectivity index (χ3v) is 3.46. The molecule has 1 aromatic carbocycles. The van der Waals surface area contributed by atoms with Gasteiger partial charge in [0.25, 0.3) is 5.56 Å². The van der Waals surface area contributed by atoms with Gasteiger partial charge in [-0.3, -0.25) is 9.59 Å². The fraction of sp³-hybridized carbons (Fsp3) is 0.188. The second kappa shape index (κ2) is 6.46. The maximum Gasteiger partial charge on any atom is 0.269 e. The lowest BCUT2D eigenvalue weighted by molar-refractivity contribution is -0.116. The number of nitrogens with zero attached hydrogens (tertiary/aromatic N) is 2. The smallest absolute Gasteiger partial charge is 0.269 e. The first-order valence-electron chi connectivity index (χ1n) is 6.59. The Labute approximate surface area is 132 Å². The lowest BCUT2D eigenvalue weighted by Crippen LogP contribution is -2.31. The summed E-state index contributed by atoms with van der Waals surface area (Å²) in [6.07, 6.45) is 0. The summed E-state index contributed by atoms with van der Waals surface area (Å²) in [4.78, 5) is 24.3. The standard InChI is InChI=1S/C16H14ClN3O2/c1-10-6-11(2)20(16(22)14(10)8-18)9-15(21)19-13-5-3-4-12(17)7-13/h3-7H,9H2,1-2H3,(H,19,21). The van der Waals surface area contributed by atoms with E-state index in [1.807, 2.05) is 6.07 Å². The van der Waals surface area contributed by atoms with Gasteiger partial charge in [-0.1, -0.05) is 17.7 Å². The Kier molecular flexibility index (Phi) is 4.64. The monoisotopic (exact) mass is 315 g/mol.